The summed E-state index contributed by atoms with van der Waals surface area (Å²) in [6.07, 6.45) is 5.15. The van der Waals surface area contributed by atoms with Crippen LogP contribution < -0.4 is 5.56 Å². The molecule has 3 aromatic rings. The Kier molecular flexibility index (Phi) is 8.17. The van der Waals surface area contributed by atoms with Crippen molar-refractivity contribution in [2.45, 2.75) is 56.4 Å². The number of ether oxygens (including phenoxy) is 1. The Morgan fingerprint density at radius 2 is 1.83 bits per heavy atom. The van der Waals surface area contributed by atoms with Crippen LogP contribution in [-0.2, 0) is 27.4 Å². The molecule has 1 aliphatic carbocycles. The fourth-order valence-electron chi connectivity index (χ4n) is 4.40. The van der Waals surface area contributed by atoms with Gasteiger partial charge in [0.05, 0.1) is 23.8 Å². The van der Waals surface area contributed by atoms with Gasteiger partial charge in [-0.2, -0.15) is 0 Å². The molecule has 0 radical (unpaired) electrons. The molecule has 9 heteroatoms. The van der Waals surface area contributed by atoms with Crippen molar-refractivity contribution < 1.29 is 18.7 Å². The van der Waals surface area contributed by atoms with Crippen LogP contribution in [0.3, 0.4) is 0 Å². The van der Waals surface area contributed by atoms with Crippen molar-refractivity contribution in [2.24, 2.45) is 0 Å². The van der Waals surface area contributed by atoms with E-state index >= 15 is 0 Å². The van der Waals surface area contributed by atoms with E-state index in [2.05, 4.69) is 4.98 Å². The first kappa shape index (κ1) is 24.9. The normalized spacial score (nSPS) is 14.1. The average Bonchev–Trinajstić information content (AvgIpc) is 2.89. The van der Waals surface area contributed by atoms with Crippen molar-refractivity contribution in [1.29, 1.82) is 0 Å². The molecule has 1 saturated carbocycles. The molecule has 7 nitrogen and oxygen atoms in total. The van der Waals surface area contributed by atoms with E-state index < -0.39 is 5.97 Å². The van der Waals surface area contributed by atoms with Gasteiger partial charge in [0.2, 0.25) is 5.91 Å². The molecule has 1 aliphatic rings. The fourth-order valence-corrected chi connectivity index (χ4v) is 5.28. The van der Waals surface area contributed by atoms with Gasteiger partial charge in [0.1, 0.15) is 12.4 Å². The van der Waals surface area contributed by atoms with Gasteiger partial charge in [0.15, 0.2) is 5.16 Å². The van der Waals surface area contributed by atoms with E-state index in [-0.39, 0.29) is 40.8 Å². The van der Waals surface area contributed by atoms with Crippen LogP contribution in [0.15, 0.2) is 58.5 Å². The minimum atomic E-state index is -0.572. The first-order valence-electron chi connectivity index (χ1n) is 11.7. The van der Waals surface area contributed by atoms with E-state index in [0.29, 0.717) is 17.4 Å². The lowest BCUT2D eigenvalue weighted by molar-refractivity contribution is -0.141. The van der Waals surface area contributed by atoms with Crippen LogP contribution in [0, 0.1) is 5.82 Å². The molecule has 1 amide bonds. The Balaban J connectivity index is 1.59. The van der Waals surface area contributed by atoms with Crippen LogP contribution in [0.2, 0.25) is 0 Å². The highest BCUT2D eigenvalue weighted by atomic mass is 32.2. The molecule has 0 atom stereocenters. The van der Waals surface area contributed by atoms with Gasteiger partial charge in [0.25, 0.3) is 5.56 Å². The second-order valence-corrected chi connectivity index (χ2v) is 9.55. The Labute approximate surface area is 207 Å². The number of halogens is 1. The summed E-state index contributed by atoms with van der Waals surface area (Å²) >= 11 is 1.13. The van der Waals surface area contributed by atoms with Gasteiger partial charge in [-0.25, -0.2) is 9.37 Å². The van der Waals surface area contributed by atoms with Crippen LogP contribution >= 0.6 is 11.8 Å². The molecule has 2 aromatic carbocycles. The number of para-hydroxylation sites is 1. The fraction of sp³-hybridized carbons (Fsp3) is 0.385. The Morgan fingerprint density at radius 1 is 1.11 bits per heavy atom. The highest BCUT2D eigenvalue weighted by Crippen LogP contribution is 2.26. The standard InChI is InChI=1S/C26H28FN3O4S/c1-34-24(32)16-30-25(33)21-9-5-6-10-22(21)28-26(30)35-17-23(31)29(20-7-3-2-4-8-20)15-18-11-13-19(27)14-12-18/h5-6,9-14,20H,2-4,7-8,15-17H2,1H3. The minimum Gasteiger partial charge on any atom is -0.468 e. The van der Waals surface area contributed by atoms with E-state index in [1.165, 1.54) is 23.8 Å². The molecule has 184 valence electrons. The smallest absolute Gasteiger partial charge is 0.325 e. The van der Waals surface area contributed by atoms with E-state index in [4.69, 9.17) is 4.74 Å². The number of carbonyl (C=O) groups excluding carboxylic acids is 2. The lowest BCUT2D eigenvalue weighted by Crippen LogP contribution is -2.42. The Morgan fingerprint density at radius 3 is 2.54 bits per heavy atom. The topological polar surface area (TPSA) is 81.5 Å². The van der Waals surface area contributed by atoms with E-state index in [0.717, 1.165) is 49.4 Å². The monoisotopic (exact) mass is 497 g/mol. The summed E-state index contributed by atoms with van der Waals surface area (Å²) in [5, 5.41) is 0.685. The predicted octanol–water partition coefficient (Wildman–Crippen LogP) is 4.16. The van der Waals surface area contributed by atoms with Crippen LogP contribution in [0.25, 0.3) is 10.9 Å². The average molecular weight is 498 g/mol. The molecule has 35 heavy (non-hydrogen) atoms. The first-order chi connectivity index (χ1) is 17.0. The summed E-state index contributed by atoms with van der Waals surface area (Å²) in [6, 6.07) is 13.2. The van der Waals surface area contributed by atoms with Crippen molar-refractivity contribution in [3.63, 3.8) is 0 Å². The zero-order chi connectivity index (χ0) is 24.8. The van der Waals surface area contributed by atoms with Crippen LogP contribution in [0.1, 0.15) is 37.7 Å². The zero-order valence-corrected chi connectivity index (χ0v) is 20.4. The van der Waals surface area contributed by atoms with E-state index in [9.17, 15) is 18.8 Å². The molecule has 1 heterocycles. The number of benzene rings is 2. The van der Waals surface area contributed by atoms with Crippen molar-refractivity contribution >= 4 is 34.5 Å². The van der Waals surface area contributed by atoms with Gasteiger partial charge in [-0.15, -0.1) is 0 Å². The van der Waals surface area contributed by atoms with Gasteiger partial charge in [-0.05, 0) is 42.7 Å². The number of carbonyl (C=O) groups is 2. The number of methoxy groups -OCH3 is 1. The number of fused-ring (bicyclic) bond motifs is 1. The van der Waals surface area contributed by atoms with Crippen molar-refractivity contribution in [3.05, 3.63) is 70.3 Å². The maximum atomic E-state index is 13.4. The molecule has 0 unspecified atom stereocenters. The van der Waals surface area contributed by atoms with Crippen LogP contribution in [-0.4, -0.2) is 45.2 Å². The molecule has 0 spiro atoms. The van der Waals surface area contributed by atoms with Crippen molar-refractivity contribution in [2.75, 3.05) is 12.9 Å². The maximum absolute atomic E-state index is 13.4. The number of amides is 1. The summed E-state index contributed by atoms with van der Waals surface area (Å²) in [5.74, 6) is -0.912. The van der Waals surface area contributed by atoms with Crippen molar-refractivity contribution in [3.8, 4) is 0 Å². The molecule has 0 saturated heterocycles. The van der Waals surface area contributed by atoms with Crippen LogP contribution in [0.4, 0.5) is 4.39 Å². The van der Waals surface area contributed by atoms with Crippen LogP contribution in [0.5, 0.6) is 0 Å². The van der Waals surface area contributed by atoms with Gasteiger partial charge in [-0.1, -0.05) is 55.3 Å². The number of esters is 1. The second kappa shape index (κ2) is 11.5. The third kappa shape index (κ3) is 6.08. The lowest BCUT2D eigenvalue weighted by Gasteiger charge is -2.34. The summed E-state index contributed by atoms with van der Waals surface area (Å²) in [4.78, 5) is 44.9. The third-order valence-electron chi connectivity index (χ3n) is 6.27. The quantitative estimate of drug-likeness (QED) is 0.264. The highest BCUT2D eigenvalue weighted by molar-refractivity contribution is 7.99. The second-order valence-electron chi connectivity index (χ2n) is 8.61. The molecular formula is C26H28FN3O4S. The molecule has 1 fully saturated rings. The van der Waals surface area contributed by atoms with Gasteiger partial charge < -0.3 is 9.64 Å². The Bertz CT molecular complexity index is 1260. The number of rotatable bonds is 8. The van der Waals surface area contributed by atoms with Gasteiger partial charge in [-0.3, -0.25) is 19.0 Å². The number of hydrogen-bond donors (Lipinski definition) is 0. The maximum Gasteiger partial charge on any atom is 0.325 e. The molecule has 0 N–H and O–H groups in total. The van der Waals surface area contributed by atoms with Crippen molar-refractivity contribution in [1.82, 2.24) is 14.5 Å². The summed E-state index contributed by atoms with van der Waals surface area (Å²) in [5.41, 5.74) is 1.01. The summed E-state index contributed by atoms with van der Waals surface area (Å²) < 4.78 is 19.4. The Hall–Kier alpha value is -3.20. The third-order valence-corrected chi connectivity index (χ3v) is 7.23. The molecular weight excluding hydrogens is 469 g/mol. The minimum absolute atomic E-state index is 0.0592. The summed E-state index contributed by atoms with van der Waals surface area (Å²) in [7, 11) is 1.26. The predicted molar refractivity (Wildman–Crippen MR) is 133 cm³/mol. The molecule has 0 bridgehead atoms. The lowest BCUT2D eigenvalue weighted by atomic mass is 9.94. The van der Waals surface area contributed by atoms with Gasteiger partial charge in [0, 0.05) is 12.6 Å². The molecule has 0 aliphatic heterocycles. The van der Waals surface area contributed by atoms with Gasteiger partial charge >= 0.3 is 5.97 Å². The summed E-state index contributed by atoms with van der Waals surface area (Å²) in [6.45, 7) is 0.107. The van der Waals surface area contributed by atoms with E-state index in [1.807, 2.05) is 4.90 Å². The number of aromatic nitrogens is 2. The number of thioether (sulfide) groups is 1. The van der Waals surface area contributed by atoms with E-state index in [1.54, 1.807) is 36.4 Å². The zero-order valence-electron chi connectivity index (χ0n) is 19.6. The number of nitrogens with zero attached hydrogens (tertiary/aromatic N) is 3. The molecule has 4 rings (SSSR count). The molecule has 1 aromatic heterocycles. The largest absolute Gasteiger partial charge is 0.468 e. The number of hydrogen-bond acceptors (Lipinski definition) is 6. The first-order valence-corrected chi connectivity index (χ1v) is 12.7. The SMILES string of the molecule is COC(=O)Cn1c(SCC(=O)N(Cc2ccc(F)cc2)C2CCCCC2)nc2ccccc2c1=O. The highest BCUT2D eigenvalue weighted by Gasteiger charge is 2.26.